The smallest absolute Gasteiger partial charge is 0.0876 e. The van der Waals surface area contributed by atoms with E-state index < -0.39 is 0 Å². The Morgan fingerprint density at radius 3 is 1.62 bits per heavy atom. The minimum Gasteiger partial charge on any atom is -0.130 e. The van der Waals surface area contributed by atoms with Crippen molar-refractivity contribution in [2.24, 2.45) is 0 Å². The van der Waals surface area contributed by atoms with Crippen LogP contribution >= 0.6 is 23.2 Å². The van der Waals surface area contributed by atoms with Crippen molar-refractivity contribution in [3.05, 3.63) is 11.4 Å². The maximum absolute atomic E-state index is 5.41. The monoisotopic (exact) mass is 180 g/mol. The van der Waals surface area contributed by atoms with Gasteiger partial charge in [0.25, 0.3) is 0 Å². The zero-order valence-electron chi connectivity index (χ0n) is 4.32. The number of hydrogen-bond donors (Lipinski definition) is 0. The minimum atomic E-state index is 0.739. The zero-order chi connectivity index (χ0) is 6.24. The van der Waals surface area contributed by atoms with E-state index in [1.807, 2.05) is 0 Å². The summed E-state index contributed by atoms with van der Waals surface area (Å²) >= 11 is 10.8. The van der Waals surface area contributed by atoms with E-state index in [2.05, 4.69) is 11.4 Å². The third-order valence-corrected chi connectivity index (χ3v) is 2.85. The lowest BCUT2D eigenvalue weighted by Crippen LogP contribution is -1.89. The fourth-order valence-corrected chi connectivity index (χ4v) is 1.86. The minimum absolute atomic E-state index is 0.739. The molecule has 0 heterocycles. The van der Waals surface area contributed by atoms with Crippen LogP contribution in [-0.4, -0.2) is 30.0 Å². The van der Waals surface area contributed by atoms with Gasteiger partial charge in [-0.2, -0.15) is 0 Å². The normalized spacial score (nSPS) is 10.8. The highest BCUT2D eigenvalue weighted by Crippen LogP contribution is 1.75. The van der Waals surface area contributed by atoms with Gasteiger partial charge in [-0.1, -0.05) is 0 Å². The summed E-state index contributed by atoms with van der Waals surface area (Å²) in [5.74, 6) is 0. The molecular formula is C4H6Cl2Si2. The average Bonchev–Trinajstić information content (AvgIpc) is 1.81. The summed E-state index contributed by atoms with van der Waals surface area (Å²) in [6.07, 6.45) is 0. The summed E-state index contributed by atoms with van der Waals surface area (Å²) in [4.78, 5) is 0. The molecule has 44 valence electrons. The Bertz CT molecular complexity index is 57.1. The van der Waals surface area contributed by atoms with E-state index >= 15 is 0 Å². The SMILES string of the molecule is ClC[Si]C=C[Si]CCl. The fraction of sp³-hybridized carbons (Fsp3) is 0.500. The molecule has 0 nitrogen and oxygen atoms in total. The highest BCUT2D eigenvalue weighted by molar-refractivity contribution is 6.59. The Hall–Kier alpha value is 0.754. The van der Waals surface area contributed by atoms with E-state index in [1.165, 1.54) is 0 Å². The van der Waals surface area contributed by atoms with Gasteiger partial charge in [-0.15, -0.1) is 34.6 Å². The molecule has 4 heteroatoms. The van der Waals surface area contributed by atoms with Crippen LogP contribution < -0.4 is 0 Å². The van der Waals surface area contributed by atoms with Crippen LogP contribution in [0.1, 0.15) is 0 Å². The van der Waals surface area contributed by atoms with E-state index in [1.54, 1.807) is 0 Å². The number of alkyl halides is 2. The Balaban J connectivity index is 2.83. The maximum Gasteiger partial charge on any atom is 0.0876 e. The van der Waals surface area contributed by atoms with Gasteiger partial charge in [-0.05, 0) is 0 Å². The van der Waals surface area contributed by atoms with Crippen LogP contribution in [-0.2, 0) is 0 Å². The molecule has 0 atom stereocenters. The van der Waals surface area contributed by atoms with Crippen molar-refractivity contribution >= 4 is 42.2 Å². The highest BCUT2D eigenvalue weighted by atomic mass is 35.5. The van der Waals surface area contributed by atoms with Gasteiger partial charge in [0.15, 0.2) is 0 Å². The van der Waals surface area contributed by atoms with Crippen LogP contribution in [0, 0.1) is 0 Å². The van der Waals surface area contributed by atoms with Crippen LogP contribution in [0.2, 0.25) is 0 Å². The second kappa shape index (κ2) is 7.75. The van der Waals surface area contributed by atoms with Gasteiger partial charge in [-0.25, -0.2) is 0 Å². The van der Waals surface area contributed by atoms with Crippen molar-refractivity contribution in [1.82, 2.24) is 0 Å². The average molecular weight is 181 g/mol. The highest BCUT2D eigenvalue weighted by Gasteiger charge is 1.77. The fourth-order valence-electron chi connectivity index (χ4n) is 0.207. The molecule has 8 heavy (non-hydrogen) atoms. The molecule has 0 fully saturated rings. The molecule has 0 saturated heterocycles. The van der Waals surface area contributed by atoms with Crippen molar-refractivity contribution in [2.75, 3.05) is 11.0 Å². The van der Waals surface area contributed by atoms with Crippen LogP contribution in [0.25, 0.3) is 0 Å². The predicted octanol–water partition coefficient (Wildman–Crippen LogP) is 1.26. The second-order valence-electron chi connectivity index (χ2n) is 1.01. The number of hydrogen-bond acceptors (Lipinski definition) is 0. The van der Waals surface area contributed by atoms with Crippen LogP contribution in [0.5, 0.6) is 0 Å². The molecule has 0 amide bonds. The van der Waals surface area contributed by atoms with Crippen molar-refractivity contribution in [3.8, 4) is 0 Å². The van der Waals surface area contributed by atoms with Crippen LogP contribution in [0.3, 0.4) is 0 Å². The van der Waals surface area contributed by atoms with Gasteiger partial charge < -0.3 is 0 Å². The van der Waals surface area contributed by atoms with E-state index in [4.69, 9.17) is 23.2 Å². The van der Waals surface area contributed by atoms with Gasteiger partial charge in [0.1, 0.15) is 0 Å². The first-order chi connectivity index (χ1) is 3.91. The van der Waals surface area contributed by atoms with E-state index in [-0.39, 0.29) is 0 Å². The molecule has 0 aromatic rings. The molecule has 0 spiro atoms. The van der Waals surface area contributed by atoms with E-state index in [9.17, 15) is 0 Å². The summed E-state index contributed by atoms with van der Waals surface area (Å²) in [6.45, 7) is 0. The summed E-state index contributed by atoms with van der Waals surface area (Å²) < 4.78 is 0. The first kappa shape index (κ1) is 8.75. The van der Waals surface area contributed by atoms with Crippen molar-refractivity contribution < 1.29 is 0 Å². The zero-order valence-corrected chi connectivity index (χ0v) is 7.84. The van der Waals surface area contributed by atoms with E-state index in [0.717, 1.165) is 30.0 Å². The predicted molar refractivity (Wildman–Crippen MR) is 42.1 cm³/mol. The molecule has 0 aromatic heterocycles. The standard InChI is InChI=1S/C4H6Cl2Si2/c5-3-7-1-2-8-4-6/h1-2H,3-4H2. The molecule has 0 aliphatic carbocycles. The molecule has 0 aliphatic heterocycles. The molecule has 0 aliphatic rings. The van der Waals surface area contributed by atoms with Crippen molar-refractivity contribution in [2.45, 2.75) is 0 Å². The summed E-state index contributed by atoms with van der Waals surface area (Å²) in [7, 11) is 1.52. The molecule has 0 rings (SSSR count). The quantitative estimate of drug-likeness (QED) is 0.452. The maximum atomic E-state index is 5.41. The van der Waals surface area contributed by atoms with Crippen LogP contribution in [0.4, 0.5) is 0 Å². The summed E-state index contributed by atoms with van der Waals surface area (Å²) in [5.41, 5.74) is 5.66. The summed E-state index contributed by atoms with van der Waals surface area (Å²) in [5, 5.41) is 0. The third-order valence-electron chi connectivity index (χ3n) is 0.473. The molecule has 0 N–H and O–H groups in total. The molecular weight excluding hydrogens is 175 g/mol. The lowest BCUT2D eigenvalue weighted by Gasteiger charge is -1.78. The van der Waals surface area contributed by atoms with Gasteiger partial charge >= 0.3 is 0 Å². The molecule has 0 saturated carbocycles. The Morgan fingerprint density at radius 1 is 1.00 bits per heavy atom. The third kappa shape index (κ3) is 6.75. The Morgan fingerprint density at radius 2 is 1.38 bits per heavy atom. The number of rotatable bonds is 4. The second-order valence-corrected chi connectivity index (χ2v) is 4.63. The number of halogens is 2. The first-order valence-electron chi connectivity index (χ1n) is 2.15. The first-order valence-corrected chi connectivity index (χ1v) is 5.79. The largest absolute Gasteiger partial charge is 0.130 e. The lowest BCUT2D eigenvalue weighted by molar-refractivity contribution is 2.06. The molecule has 0 unspecified atom stereocenters. The van der Waals surface area contributed by atoms with Crippen molar-refractivity contribution in [3.63, 3.8) is 0 Å². The van der Waals surface area contributed by atoms with Gasteiger partial charge in [0.2, 0.25) is 0 Å². The molecule has 0 bridgehead atoms. The van der Waals surface area contributed by atoms with Gasteiger partial charge in [0.05, 0.1) is 19.0 Å². The molecule has 4 radical (unpaired) electrons. The van der Waals surface area contributed by atoms with Crippen LogP contribution in [0.15, 0.2) is 11.4 Å². The van der Waals surface area contributed by atoms with Gasteiger partial charge in [0, 0.05) is 11.0 Å². The molecule has 0 aromatic carbocycles. The Kier molecular flexibility index (Phi) is 8.48. The topological polar surface area (TPSA) is 0 Å². The van der Waals surface area contributed by atoms with E-state index in [0.29, 0.717) is 0 Å². The van der Waals surface area contributed by atoms with Gasteiger partial charge in [-0.3, -0.25) is 0 Å². The Labute approximate surface area is 64.9 Å². The van der Waals surface area contributed by atoms with Crippen molar-refractivity contribution in [1.29, 1.82) is 0 Å². The summed E-state index contributed by atoms with van der Waals surface area (Å²) in [6, 6.07) is 0. The lowest BCUT2D eigenvalue weighted by atomic mass is 11.2.